The molecule has 1 aliphatic heterocycles. The monoisotopic (exact) mass is 435 g/mol. The molecule has 3 aliphatic carbocycles. The second kappa shape index (κ2) is 7.64. The van der Waals surface area contributed by atoms with E-state index in [1.807, 2.05) is 0 Å². The molecule has 0 spiro atoms. The maximum absolute atomic E-state index is 13.5. The lowest BCUT2D eigenvalue weighted by Crippen LogP contribution is -2.37. The average Bonchev–Trinajstić information content (AvgIpc) is 3.04. The highest BCUT2D eigenvalue weighted by atomic mass is 19.4. The molecular weight excluding hydrogens is 410 g/mol. The van der Waals surface area contributed by atoms with Crippen LogP contribution in [0.1, 0.15) is 44.2 Å². The molecule has 8 heteroatoms. The van der Waals surface area contributed by atoms with Crippen molar-refractivity contribution in [3.8, 4) is 11.1 Å². The fourth-order valence-electron chi connectivity index (χ4n) is 5.57. The number of carbonyl (C=O) groups excluding carboxylic acids is 1. The van der Waals surface area contributed by atoms with E-state index in [4.69, 9.17) is 0 Å². The van der Waals surface area contributed by atoms with Crippen LogP contribution in [0.4, 0.5) is 23.4 Å². The predicted octanol–water partition coefficient (Wildman–Crippen LogP) is 5.58. The third-order valence-electron chi connectivity index (χ3n) is 7.37. The Kier molecular flexibility index (Phi) is 5.06. The predicted molar refractivity (Wildman–Crippen MR) is 108 cm³/mol. The number of hydrogen-bond acceptors (Lipinski definition) is 2. The molecule has 4 nitrogen and oxygen atoms in total. The number of benzene rings is 1. The van der Waals surface area contributed by atoms with Gasteiger partial charge in [-0.2, -0.15) is 18.3 Å². The first kappa shape index (κ1) is 20.5. The van der Waals surface area contributed by atoms with Gasteiger partial charge in [-0.15, -0.1) is 0 Å². The van der Waals surface area contributed by atoms with Gasteiger partial charge in [-0.25, -0.2) is 4.39 Å². The number of hydrogen-bond donors (Lipinski definition) is 1. The van der Waals surface area contributed by atoms with Crippen molar-refractivity contribution in [1.29, 1.82) is 0 Å². The second-order valence-electron chi connectivity index (χ2n) is 9.32. The molecule has 6 rings (SSSR count). The van der Waals surface area contributed by atoms with E-state index < -0.39 is 17.9 Å². The van der Waals surface area contributed by atoms with Crippen molar-refractivity contribution < 1.29 is 22.4 Å². The summed E-state index contributed by atoms with van der Waals surface area (Å²) in [6.07, 6.45) is 0.513. The van der Waals surface area contributed by atoms with Crippen molar-refractivity contribution in [3.05, 3.63) is 35.8 Å². The summed E-state index contributed by atoms with van der Waals surface area (Å²) in [6.45, 7) is 0.135. The van der Waals surface area contributed by atoms with Crippen molar-refractivity contribution in [2.45, 2.75) is 57.7 Å². The summed E-state index contributed by atoms with van der Waals surface area (Å²) in [7, 11) is 0. The van der Waals surface area contributed by atoms with Crippen LogP contribution in [0.2, 0.25) is 0 Å². The zero-order valence-corrected chi connectivity index (χ0v) is 17.1. The lowest BCUT2D eigenvalue weighted by atomic mass is 9.59. The molecule has 2 unspecified atom stereocenters. The number of halogens is 4. The third-order valence-corrected chi connectivity index (χ3v) is 7.37. The van der Waals surface area contributed by atoms with Gasteiger partial charge in [0.05, 0.1) is 5.92 Å². The molecule has 1 aromatic carbocycles. The maximum Gasteiger partial charge on any atom is 0.392 e. The Morgan fingerprint density at radius 2 is 1.87 bits per heavy atom. The van der Waals surface area contributed by atoms with E-state index in [-0.39, 0.29) is 31.1 Å². The SMILES string of the molecule is O=C(CC1CCC2CC1C2)Nc1nn2c(c1-c1ccc(F)cc1)CC(C(F)(F)F)CC2. The maximum atomic E-state index is 13.5. The summed E-state index contributed by atoms with van der Waals surface area (Å²) >= 11 is 0. The molecule has 2 bridgehead atoms. The zero-order chi connectivity index (χ0) is 21.8. The number of nitrogens with one attached hydrogen (secondary N) is 1. The Hall–Kier alpha value is -2.38. The molecule has 1 N–H and O–H groups in total. The van der Waals surface area contributed by atoms with Gasteiger partial charge in [0.1, 0.15) is 5.82 Å². The van der Waals surface area contributed by atoms with E-state index in [0.29, 0.717) is 35.1 Å². The van der Waals surface area contributed by atoms with Crippen molar-refractivity contribution in [1.82, 2.24) is 9.78 Å². The third kappa shape index (κ3) is 3.96. The molecule has 166 valence electrons. The average molecular weight is 435 g/mol. The highest BCUT2D eigenvalue weighted by molar-refractivity contribution is 5.95. The summed E-state index contributed by atoms with van der Waals surface area (Å²) in [4.78, 5) is 12.8. The topological polar surface area (TPSA) is 46.9 Å². The molecule has 2 heterocycles. The molecule has 4 aliphatic rings. The fourth-order valence-corrected chi connectivity index (χ4v) is 5.57. The van der Waals surface area contributed by atoms with Gasteiger partial charge in [0.25, 0.3) is 0 Å². The van der Waals surface area contributed by atoms with E-state index in [1.165, 1.54) is 43.5 Å². The van der Waals surface area contributed by atoms with E-state index in [0.717, 1.165) is 12.3 Å². The minimum absolute atomic E-state index is 0.0423. The minimum atomic E-state index is -4.29. The van der Waals surface area contributed by atoms with Gasteiger partial charge in [0.2, 0.25) is 5.91 Å². The molecule has 31 heavy (non-hydrogen) atoms. The van der Waals surface area contributed by atoms with Crippen LogP contribution in [0.5, 0.6) is 0 Å². The van der Waals surface area contributed by atoms with Gasteiger partial charge in [-0.1, -0.05) is 18.6 Å². The molecular formula is C23H25F4N3O. The van der Waals surface area contributed by atoms with Gasteiger partial charge >= 0.3 is 6.18 Å². The first-order valence-corrected chi connectivity index (χ1v) is 11.0. The van der Waals surface area contributed by atoms with E-state index in [1.54, 1.807) is 4.68 Å². The molecule has 0 radical (unpaired) electrons. The Labute approximate surface area is 178 Å². The van der Waals surface area contributed by atoms with Gasteiger partial charge < -0.3 is 5.32 Å². The summed E-state index contributed by atoms with van der Waals surface area (Å²) < 4.78 is 55.2. The van der Waals surface area contributed by atoms with Crippen LogP contribution in [0, 0.1) is 29.5 Å². The first-order chi connectivity index (χ1) is 14.8. The number of aryl methyl sites for hydroxylation is 1. The van der Waals surface area contributed by atoms with Crippen molar-refractivity contribution in [3.63, 3.8) is 0 Å². The lowest BCUT2D eigenvalue weighted by molar-refractivity contribution is -0.179. The summed E-state index contributed by atoms with van der Waals surface area (Å²) in [5.41, 5.74) is 1.46. The van der Waals surface area contributed by atoms with Crippen LogP contribution in [0.3, 0.4) is 0 Å². The van der Waals surface area contributed by atoms with Crippen LogP contribution in [-0.2, 0) is 17.8 Å². The first-order valence-electron chi connectivity index (χ1n) is 11.0. The summed E-state index contributed by atoms with van der Waals surface area (Å²) in [5.74, 6) is 0.0527. The lowest BCUT2D eigenvalue weighted by Gasteiger charge is -2.46. The smallest absolute Gasteiger partial charge is 0.309 e. The number of carbonyl (C=O) groups is 1. The van der Waals surface area contributed by atoms with Gasteiger partial charge in [-0.05, 0) is 61.1 Å². The quantitative estimate of drug-likeness (QED) is 0.638. The van der Waals surface area contributed by atoms with E-state index >= 15 is 0 Å². The van der Waals surface area contributed by atoms with Crippen molar-refractivity contribution >= 4 is 11.7 Å². The summed E-state index contributed by atoms with van der Waals surface area (Å²) in [6, 6.07) is 5.58. The zero-order valence-electron chi connectivity index (χ0n) is 17.1. The molecule has 2 atom stereocenters. The molecule has 2 aromatic rings. The van der Waals surface area contributed by atoms with Crippen LogP contribution >= 0.6 is 0 Å². The second-order valence-corrected chi connectivity index (χ2v) is 9.32. The fraction of sp³-hybridized carbons (Fsp3) is 0.565. The number of amides is 1. The molecule has 3 fully saturated rings. The number of fused-ring (bicyclic) bond motifs is 3. The Balaban J connectivity index is 1.43. The van der Waals surface area contributed by atoms with Crippen LogP contribution in [-0.4, -0.2) is 21.9 Å². The standard InChI is InChI=1S/C23H25F4N3O/c24-18-5-3-14(4-6-18)21-19-12-17(23(25,26)27)7-8-30(19)29-22(21)28-20(31)11-15-2-1-13-9-16(15)10-13/h3-6,13,15-17H,1-2,7-12H2,(H,28,29,31). The Morgan fingerprint density at radius 3 is 2.52 bits per heavy atom. The van der Waals surface area contributed by atoms with Crippen molar-refractivity contribution in [2.75, 3.05) is 5.32 Å². The van der Waals surface area contributed by atoms with E-state index in [9.17, 15) is 22.4 Å². The molecule has 1 aromatic heterocycles. The number of nitrogens with zero attached hydrogens (tertiary/aromatic N) is 2. The number of rotatable bonds is 4. The Bertz CT molecular complexity index is 973. The largest absolute Gasteiger partial charge is 0.392 e. The van der Waals surface area contributed by atoms with Gasteiger partial charge in [-0.3, -0.25) is 9.48 Å². The molecule has 3 saturated carbocycles. The summed E-state index contributed by atoms with van der Waals surface area (Å²) in [5, 5.41) is 7.33. The number of alkyl halides is 3. The highest BCUT2D eigenvalue weighted by Gasteiger charge is 2.43. The van der Waals surface area contributed by atoms with Crippen molar-refractivity contribution in [2.24, 2.45) is 23.7 Å². The normalized spacial score (nSPS) is 27.4. The van der Waals surface area contributed by atoms with Crippen LogP contribution in [0.15, 0.2) is 24.3 Å². The van der Waals surface area contributed by atoms with Crippen LogP contribution < -0.4 is 5.32 Å². The number of aromatic nitrogens is 2. The van der Waals surface area contributed by atoms with Gasteiger partial charge in [0.15, 0.2) is 5.82 Å². The minimum Gasteiger partial charge on any atom is -0.309 e. The van der Waals surface area contributed by atoms with E-state index in [2.05, 4.69) is 10.4 Å². The molecule has 1 amide bonds. The molecule has 0 saturated heterocycles. The highest BCUT2D eigenvalue weighted by Crippen LogP contribution is 2.50. The van der Waals surface area contributed by atoms with Crippen LogP contribution in [0.25, 0.3) is 11.1 Å². The Morgan fingerprint density at radius 1 is 1.13 bits per heavy atom. The number of anilines is 1. The van der Waals surface area contributed by atoms with Gasteiger partial charge in [0, 0.05) is 30.6 Å².